The van der Waals surface area contributed by atoms with Crippen LogP contribution in [0.5, 0.6) is 0 Å². The van der Waals surface area contributed by atoms with Gasteiger partial charge in [-0.3, -0.25) is 4.79 Å². The molecule has 0 saturated carbocycles. The maximum absolute atomic E-state index is 12.1. The minimum absolute atomic E-state index is 0.0668. The molecule has 0 aromatic carbocycles. The first-order chi connectivity index (χ1) is 9.06. The molecule has 1 rings (SSSR count). The van der Waals surface area contributed by atoms with Crippen LogP contribution in [-0.4, -0.2) is 28.3 Å². The van der Waals surface area contributed by atoms with Crippen LogP contribution in [-0.2, 0) is 6.54 Å². The number of aromatic nitrogens is 2. The zero-order chi connectivity index (χ0) is 14.3. The number of anilines is 1. The second-order valence-corrected chi connectivity index (χ2v) is 6.66. The predicted octanol–water partition coefficient (Wildman–Crippen LogP) is 3.22. The summed E-state index contributed by atoms with van der Waals surface area (Å²) in [5.74, 6) is 1.58. The third-order valence-electron chi connectivity index (χ3n) is 2.61. The molecule has 0 atom stereocenters. The summed E-state index contributed by atoms with van der Waals surface area (Å²) in [6.45, 7) is 5.65. The van der Waals surface area contributed by atoms with Crippen molar-refractivity contribution in [3.05, 3.63) is 21.0 Å². The first-order valence-corrected chi connectivity index (χ1v) is 8.73. The zero-order valence-corrected chi connectivity index (χ0v) is 14.2. The third-order valence-corrected chi connectivity index (χ3v) is 4.08. The fourth-order valence-corrected chi connectivity index (χ4v) is 2.60. The van der Waals surface area contributed by atoms with Crippen LogP contribution < -0.4 is 10.9 Å². The Kier molecular flexibility index (Phi) is 7.53. The zero-order valence-electron chi connectivity index (χ0n) is 11.8. The summed E-state index contributed by atoms with van der Waals surface area (Å²) < 4.78 is 2.08. The average molecular weight is 348 g/mol. The van der Waals surface area contributed by atoms with Crippen LogP contribution in [0.2, 0.25) is 0 Å². The Morgan fingerprint density at radius 3 is 2.84 bits per heavy atom. The van der Waals surface area contributed by atoms with Crippen molar-refractivity contribution in [1.29, 1.82) is 0 Å². The van der Waals surface area contributed by atoms with E-state index in [0.717, 1.165) is 18.7 Å². The van der Waals surface area contributed by atoms with Gasteiger partial charge in [-0.2, -0.15) is 16.9 Å². The molecule has 0 aliphatic rings. The van der Waals surface area contributed by atoms with E-state index >= 15 is 0 Å². The third kappa shape index (κ3) is 5.57. The van der Waals surface area contributed by atoms with Gasteiger partial charge >= 0.3 is 0 Å². The predicted molar refractivity (Wildman–Crippen MR) is 87.1 cm³/mol. The minimum Gasteiger partial charge on any atom is -0.383 e. The Balaban J connectivity index is 2.61. The van der Waals surface area contributed by atoms with E-state index in [1.165, 1.54) is 16.9 Å². The van der Waals surface area contributed by atoms with Crippen LogP contribution in [0.15, 0.2) is 15.5 Å². The van der Waals surface area contributed by atoms with E-state index in [1.807, 2.05) is 11.8 Å². The van der Waals surface area contributed by atoms with Crippen molar-refractivity contribution in [2.45, 2.75) is 33.2 Å². The molecule has 0 saturated heterocycles. The average Bonchev–Trinajstić information content (AvgIpc) is 2.37. The highest BCUT2D eigenvalue weighted by Crippen LogP contribution is 2.16. The van der Waals surface area contributed by atoms with Gasteiger partial charge in [-0.1, -0.05) is 13.8 Å². The summed E-state index contributed by atoms with van der Waals surface area (Å²) in [5.41, 5.74) is 0.719. The summed E-state index contributed by atoms with van der Waals surface area (Å²) in [5, 5.41) is 7.46. The van der Waals surface area contributed by atoms with Crippen molar-refractivity contribution in [2.24, 2.45) is 5.92 Å². The van der Waals surface area contributed by atoms with Gasteiger partial charge in [0.05, 0.1) is 11.9 Å². The fourth-order valence-electron chi connectivity index (χ4n) is 1.66. The lowest BCUT2D eigenvalue weighted by atomic mass is 10.2. The lowest BCUT2D eigenvalue weighted by Gasteiger charge is -2.11. The Morgan fingerprint density at radius 1 is 1.47 bits per heavy atom. The van der Waals surface area contributed by atoms with Gasteiger partial charge in [0.2, 0.25) is 0 Å². The van der Waals surface area contributed by atoms with Gasteiger partial charge in [0, 0.05) is 13.1 Å². The van der Waals surface area contributed by atoms with E-state index in [4.69, 9.17) is 0 Å². The number of rotatable bonds is 8. The number of nitrogens with one attached hydrogen (secondary N) is 1. The molecule has 1 aromatic heterocycles. The maximum Gasteiger partial charge on any atom is 0.283 e. The molecule has 1 N–H and O–H groups in total. The van der Waals surface area contributed by atoms with Gasteiger partial charge in [0.15, 0.2) is 0 Å². The smallest absolute Gasteiger partial charge is 0.283 e. The van der Waals surface area contributed by atoms with Gasteiger partial charge < -0.3 is 5.32 Å². The van der Waals surface area contributed by atoms with E-state index in [9.17, 15) is 4.79 Å². The molecule has 0 aliphatic heterocycles. The first-order valence-electron chi connectivity index (χ1n) is 6.54. The number of unbranched alkanes of at least 4 members (excludes halogenated alkanes) is 1. The van der Waals surface area contributed by atoms with E-state index in [0.29, 0.717) is 16.9 Å². The molecule has 0 fully saturated rings. The van der Waals surface area contributed by atoms with Crippen LogP contribution in [0, 0.1) is 5.92 Å². The Bertz CT molecular complexity index is 448. The van der Waals surface area contributed by atoms with Crippen LogP contribution in [0.3, 0.4) is 0 Å². The molecule has 0 radical (unpaired) electrons. The number of halogens is 1. The van der Waals surface area contributed by atoms with Crippen molar-refractivity contribution >= 4 is 33.4 Å². The SMILES string of the molecule is CSCCCCNc1cnn(CC(C)C)c(=O)c1Br. The molecule has 0 aliphatic carbocycles. The van der Waals surface area contributed by atoms with Crippen molar-refractivity contribution < 1.29 is 0 Å². The second kappa shape index (κ2) is 8.64. The van der Waals surface area contributed by atoms with E-state index in [-0.39, 0.29) is 5.56 Å². The van der Waals surface area contributed by atoms with E-state index < -0.39 is 0 Å². The molecular weight excluding hydrogens is 326 g/mol. The van der Waals surface area contributed by atoms with Crippen LogP contribution in [0.4, 0.5) is 5.69 Å². The highest BCUT2D eigenvalue weighted by Gasteiger charge is 2.09. The molecule has 0 amide bonds. The van der Waals surface area contributed by atoms with Gasteiger partial charge in [0.25, 0.3) is 5.56 Å². The van der Waals surface area contributed by atoms with Gasteiger partial charge in [-0.05, 0) is 46.7 Å². The maximum atomic E-state index is 12.1. The molecular formula is C13H22BrN3OS. The summed E-state index contributed by atoms with van der Waals surface area (Å²) in [6.07, 6.45) is 6.12. The Morgan fingerprint density at radius 2 is 2.21 bits per heavy atom. The first kappa shape index (κ1) is 16.6. The monoisotopic (exact) mass is 347 g/mol. The van der Waals surface area contributed by atoms with Crippen molar-refractivity contribution in [2.75, 3.05) is 23.9 Å². The van der Waals surface area contributed by atoms with Crippen LogP contribution in [0.1, 0.15) is 26.7 Å². The fraction of sp³-hybridized carbons (Fsp3) is 0.692. The number of hydrogen-bond acceptors (Lipinski definition) is 4. The highest BCUT2D eigenvalue weighted by atomic mass is 79.9. The molecule has 0 spiro atoms. The molecule has 4 nitrogen and oxygen atoms in total. The lowest BCUT2D eigenvalue weighted by molar-refractivity contribution is 0.462. The van der Waals surface area contributed by atoms with Gasteiger partial charge in [-0.25, -0.2) is 4.68 Å². The summed E-state index contributed by atoms with van der Waals surface area (Å²) in [7, 11) is 0. The van der Waals surface area contributed by atoms with E-state index in [2.05, 4.69) is 46.4 Å². The Hall–Kier alpha value is -0.490. The number of nitrogens with zero attached hydrogens (tertiary/aromatic N) is 2. The molecule has 0 bridgehead atoms. The molecule has 19 heavy (non-hydrogen) atoms. The van der Waals surface area contributed by atoms with Crippen molar-refractivity contribution in [3.8, 4) is 0 Å². The number of thioether (sulfide) groups is 1. The topological polar surface area (TPSA) is 46.9 Å². The van der Waals surface area contributed by atoms with Crippen LogP contribution in [0.25, 0.3) is 0 Å². The van der Waals surface area contributed by atoms with Gasteiger partial charge in [-0.15, -0.1) is 0 Å². The minimum atomic E-state index is -0.0668. The summed E-state index contributed by atoms with van der Waals surface area (Å²) in [6, 6.07) is 0. The van der Waals surface area contributed by atoms with Crippen LogP contribution >= 0.6 is 27.7 Å². The Labute approximate surface area is 127 Å². The van der Waals surface area contributed by atoms with Gasteiger partial charge in [0.1, 0.15) is 4.47 Å². The van der Waals surface area contributed by atoms with E-state index in [1.54, 1.807) is 6.20 Å². The molecule has 108 valence electrons. The molecule has 0 unspecified atom stereocenters. The normalized spacial score (nSPS) is 11.0. The molecule has 1 heterocycles. The largest absolute Gasteiger partial charge is 0.383 e. The van der Waals surface area contributed by atoms with Crippen molar-refractivity contribution in [3.63, 3.8) is 0 Å². The second-order valence-electron chi connectivity index (χ2n) is 4.88. The standard InChI is InChI=1S/C13H22BrN3OS/c1-10(2)9-17-13(18)12(14)11(8-16-17)15-6-4-5-7-19-3/h8,10,15H,4-7,9H2,1-3H3. The summed E-state index contributed by atoms with van der Waals surface area (Å²) >= 11 is 5.22. The highest BCUT2D eigenvalue weighted by molar-refractivity contribution is 9.10. The quantitative estimate of drug-likeness (QED) is 0.733. The van der Waals surface area contributed by atoms with Crippen molar-refractivity contribution in [1.82, 2.24) is 9.78 Å². The molecule has 6 heteroatoms. The lowest BCUT2D eigenvalue weighted by Crippen LogP contribution is -2.26. The molecule has 1 aromatic rings. The number of hydrogen-bond donors (Lipinski definition) is 1. The summed E-state index contributed by atoms with van der Waals surface area (Å²) in [4.78, 5) is 12.1.